The molecule has 1 aromatic carbocycles. The maximum Gasteiger partial charge on any atom is 0.387 e. The first kappa shape index (κ1) is 18.1. The van der Waals surface area contributed by atoms with E-state index in [1.54, 1.807) is 4.68 Å². The van der Waals surface area contributed by atoms with Crippen LogP contribution < -0.4 is 10.1 Å². The van der Waals surface area contributed by atoms with E-state index in [1.165, 1.54) is 36.0 Å². The molecular formula is C14H17F2N5O2S. The molecule has 130 valence electrons. The molecule has 24 heavy (non-hydrogen) atoms. The topological polar surface area (TPSA) is 81.9 Å². The quantitative estimate of drug-likeness (QED) is 0.801. The number of nitrogens with one attached hydrogen (secondary N) is 1. The summed E-state index contributed by atoms with van der Waals surface area (Å²) < 4.78 is 30.0. The van der Waals surface area contributed by atoms with Crippen LogP contribution in [0.4, 0.5) is 14.5 Å². The summed E-state index contributed by atoms with van der Waals surface area (Å²) in [7, 11) is 0. The second kappa shape index (κ2) is 7.56. The highest BCUT2D eigenvalue weighted by Crippen LogP contribution is 2.22. The van der Waals surface area contributed by atoms with E-state index in [9.17, 15) is 13.6 Å². The number of ether oxygens (including phenoxy) is 1. The Morgan fingerprint density at radius 3 is 2.58 bits per heavy atom. The molecule has 0 aliphatic carbocycles. The van der Waals surface area contributed by atoms with Crippen LogP contribution in [-0.4, -0.2) is 38.5 Å². The Labute approximate surface area is 141 Å². The van der Waals surface area contributed by atoms with Gasteiger partial charge in [-0.15, -0.1) is 5.10 Å². The average Bonchev–Trinajstić information content (AvgIpc) is 2.95. The number of amides is 1. The van der Waals surface area contributed by atoms with Crippen LogP contribution in [0.15, 0.2) is 29.4 Å². The largest absolute Gasteiger partial charge is 0.435 e. The van der Waals surface area contributed by atoms with Crippen molar-refractivity contribution in [3.8, 4) is 5.75 Å². The summed E-state index contributed by atoms with van der Waals surface area (Å²) in [6.07, 6.45) is 0. The van der Waals surface area contributed by atoms with Gasteiger partial charge in [-0.3, -0.25) is 4.79 Å². The number of aromatic nitrogens is 4. The van der Waals surface area contributed by atoms with Crippen molar-refractivity contribution in [3.05, 3.63) is 24.3 Å². The summed E-state index contributed by atoms with van der Waals surface area (Å²) in [4.78, 5) is 12.0. The fraction of sp³-hybridized carbons (Fsp3) is 0.429. The number of hydrogen-bond donors (Lipinski definition) is 1. The molecule has 2 aromatic rings. The summed E-state index contributed by atoms with van der Waals surface area (Å²) in [6.45, 7) is 2.99. The molecule has 0 atom stereocenters. The van der Waals surface area contributed by atoms with Crippen molar-refractivity contribution in [2.24, 2.45) is 0 Å². The highest BCUT2D eigenvalue weighted by atomic mass is 32.2. The van der Waals surface area contributed by atoms with Crippen molar-refractivity contribution in [2.75, 3.05) is 11.1 Å². The molecule has 1 N–H and O–H groups in total. The van der Waals surface area contributed by atoms with Crippen LogP contribution in [0.2, 0.25) is 0 Å². The first-order chi connectivity index (χ1) is 11.3. The molecule has 1 amide bonds. The maximum atomic E-state index is 12.1. The molecule has 0 fully saturated rings. The minimum Gasteiger partial charge on any atom is -0.435 e. The molecule has 0 aliphatic rings. The van der Waals surface area contributed by atoms with E-state index in [-0.39, 0.29) is 22.9 Å². The Hall–Kier alpha value is -2.23. The molecule has 0 unspecified atom stereocenters. The van der Waals surface area contributed by atoms with E-state index in [0.29, 0.717) is 10.8 Å². The Bertz CT molecular complexity index is 685. The Morgan fingerprint density at radius 2 is 2.00 bits per heavy atom. The van der Waals surface area contributed by atoms with Crippen molar-refractivity contribution in [3.63, 3.8) is 0 Å². The van der Waals surface area contributed by atoms with Crippen LogP contribution in [0, 0.1) is 0 Å². The van der Waals surface area contributed by atoms with E-state index in [4.69, 9.17) is 0 Å². The summed E-state index contributed by atoms with van der Waals surface area (Å²) >= 11 is 1.21. The number of rotatable bonds is 6. The molecule has 0 saturated heterocycles. The van der Waals surface area contributed by atoms with Gasteiger partial charge in [0.25, 0.3) is 0 Å². The number of hydrogen-bond acceptors (Lipinski definition) is 6. The summed E-state index contributed by atoms with van der Waals surface area (Å²) in [5, 5.41) is 14.6. The zero-order valence-electron chi connectivity index (χ0n) is 13.4. The number of alkyl halides is 2. The van der Waals surface area contributed by atoms with Gasteiger partial charge in [0, 0.05) is 5.69 Å². The second-order valence-electron chi connectivity index (χ2n) is 5.78. The van der Waals surface area contributed by atoms with Crippen LogP contribution >= 0.6 is 11.8 Å². The van der Waals surface area contributed by atoms with Gasteiger partial charge < -0.3 is 10.1 Å². The SMILES string of the molecule is CC(C)(C)n1nnnc1SCC(=O)Nc1ccc(OC(F)F)cc1. The van der Waals surface area contributed by atoms with Crippen molar-refractivity contribution in [2.45, 2.75) is 38.1 Å². The van der Waals surface area contributed by atoms with Crippen LogP contribution in [0.5, 0.6) is 5.75 Å². The highest BCUT2D eigenvalue weighted by molar-refractivity contribution is 7.99. The van der Waals surface area contributed by atoms with Crippen LogP contribution in [0.1, 0.15) is 20.8 Å². The lowest BCUT2D eigenvalue weighted by Gasteiger charge is -2.19. The van der Waals surface area contributed by atoms with Gasteiger partial charge in [0.05, 0.1) is 11.3 Å². The number of benzene rings is 1. The van der Waals surface area contributed by atoms with Crippen molar-refractivity contribution in [1.29, 1.82) is 0 Å². The normalized spacial score (nSPS) is 11.6. The first-order valence-electron chi connectivity index (χ1n) is 7.02. The molecule has 0 radical (unpaired) electrons. The number of anilines is 1. The van der Waals surface area contributed by atoms with E-state index >= 15 is 0 Å². The molecule has 0 bridgehead atoms. The lowest BCUT2D eigenvalue weighted by atomic mass is 10.1. The van der Waals surface area contributed by atoms with E-state index in [2.05, 4.69) is 25.6 Å². The monoisotopic (exact) mass is 357 g/mol. The third-order valence-corrected chi connectivity index (χ3v) is 3.69. The standard InChI is InChI=1S/C14H17F2N5O2S/c1-14(2,3)21-13(18-19-20-21)24-8-11(22)17-9-4-6-10(7-5-9)23-12(15)16/h4-7,12H,8H2,1-3H3,(H,17,22). The number of halogens is 2. The molecule has 0 aliphatic heterocycles. The average molecular weight is 357 g/mol. The molecule has 2 rings (SSSR count). The minimum absolute atomic E-state index is 0.0294. The molecule has 1 heterocycles. The second-order valence-corrected chi connectivity index (χ2v) is 6.73. The van der Waals surface area contributed by atoms with Gasteiger partial charge in [0.2, 0.25) is 11.1 Å². The lowest BCUT2D eigenvalue weighted by molar-refractivity contribution is -0.113. The van der Waals surface area contributed by atoms with Gasteiger partial charge in [-0.2, -0.15) is 8.78 Å². The Morgan fingerprint density at radius 1 is 1.33 bits per heavy atom. The molecule has 10 heteroatoms. The fourth-order valence-corrected chi connectivity index (χ4v) is 2.60. The smallest absolute Gasteiger partial charge is 0.387 e. The van der Waals surface area contributed by atoms with Gasteiger partial charge in [-0.1, -0.05) is 11.8 Å². The van der Waals surface area contributed by atoms with Gasteiger partial charge in [-0.05, 0) is 55.5 Å². The maximum absolute atomic E-state index is 12.1. The van der Waals surface area contributed by atoms with Crippen molar-refractivity contribution in [1.82, 2.24) is 20.2 Å². The van der Waals surface area contributed by atoms with Gasteiger partial charge in [0.1, 0.15) is 5.75 Å². The van der Waals surface area contributed by atoms with E-state index in [0.717, 1.165) is 0 Å². The predicted octanol–water partition coefficient (Wildman–Crippen LogP) is 2.76. The fourth-order valence-electron chi connectivity index (χ4n) is 1.74. The number of carbonyl (C=O) groups is 1. The van der Waals surface area contributed by atoms with Gasteiger partial charge >= 0.3 is 6.61 Å². The zero-order valence-corrected chi connectivity index (χ0v) is 14.2. The van der Waals surface area contributed by atoms with Crippen LogP contribution in [-0.2, 0) is 10.3 Å². The first-order valence-corrected chi connectivity index (χ1v) is 8.00. The van der Waals surface area contributed by atoms with Gasteiger partial charge in [-0.25, -0.2) is 4.68 Å². The number of tetrazole rings is 1. The van der Waals surface area contributed by atoms with E-state index < -0.39 is 6.61 Å². The Balaban J connectivity index is 1.89. The highest BCUT2D eigenvalue weighted by Gasteiger charge is 2.20. The number of nitrogens with zero attached hydrogens (tertiary/aromatic N) is 4. The molecule has 1 aromatic heterocycles. The third-order valence-electron chi connectivity index (χ3n) is 2.77. The Kier molecular flexibility index (Phi) is 5.71. The minimum atomic E-state index is -2.88. The predicted molar refractivity (Wildman–Crippen MR) is 85.2 cm³/mol. The van der Waals surface area contributed by atoms with Crippen LogP contribution in [0.25, 0.3) is 0 Å². The van der Waals surface area contributed by atoms with Gasteiger partial charge in [0.15, 0.2) is 0 Å². The lowest BCUT2D eigenvalue weighted by Crippen LogP contribution is -2.24. The zero-order chi connectivity index (χ0) is 17.7. The van der Waals surface area contributed by atoms with Crippen molar-refractivity contribution < 1.29 is 18.3 Å². The molecule has 0 saturated carbocycles. The summed E-state index contributed by atoms with van der Waals surface area (Å²) in [6, 6.07) is 5.68. The third kappa shape index (κ3) is 5.15. The molecule has 0 spiro atoms. The molecular weight excluding hydrogens is 340 g/mol. The number of carbonyl (C=O) groups excluding carboxylic acids is 1. The summed E-state index contributed by atoms with van der Waals surface area (Å²) in [5.74, 6) is -0.112. The molecule has 7 nitrogen and oxygen atoms in total. The van der Waals surface area contributed by atoms with Crippen LogP contribution in [0.3, 0.4) is 0 Å². The number of thioether (sulfide) groups is 1. The summed E-state index contributed by atoms with van der Waals surface area (Å²) in [5.41, 5.74) is 0.195. The van der Waals surface area contributed by atoms with E-state index in [1.807, 2.05) is 20.8 Å². The van der Waals surface area contributed by atoms with Crippen molar-refractivity contribution >= 4 is 23.4 Å².